The van der Waals surface area contributed by atoms with E-state index in [2.05, 4.69) is 20.8 Å². The summed E-state index contributed by atoms with van der Waals surface area (Å²) in [5.74, 6) is 1.30. The Morgan fingerprint density at radius 1 is 1.15 bits per heavy atom. The summed E-state index contributed by atoms with van der Waals surface area (Å²) in [7, 11) is -3.65. The van der Waals surface area contributed by atoms with E-state index in [1.807, 2.05) is 0 Å². The molecule has 3 nitrogen and oxygen atoms in total. The molecule has 4 heteroatoms. The molecule has 1 aromatic carbocycles. The van der Waals surface area contributed by atoms with E-state index < -0.39 is 10.1 Å². The highest BCUT2D eigenvalue weighted by Crippen LogP contribution is 2.36. The number of rotatable bonds is 4. The smallest absolute Gasteiger partial charge is 0.263 e. The second-order valence-corrected chi connectivity index (χ2v) is 7.80. The van der Waals surface area contributed by atoms with Crippen molar-refractivity contribution in [3.63, 3.8) is 0 Å². The fraction of sp³-hybridized carbons (Fsp3) is 0.625. The molecule has 0 unspecified atom stereocenters. The molecule has 1 saturated carbocycles. The molecule has 3 atom stereocenters. The maximum Gasteiger partial charge on any atom is 0.297 e. The highest BCUT2D eigenvalue weighted by Gasteiger charge is 2.35. The van der Waals surface area contributed by atoms with Crippen molar-refractivity contribution in [2.45, 2.75) is 51.0 Å². The molecular formula is C16H24O3S. The van der Waals surface area contributed by atoms with Crippen molar-refractivity contribution in [2.75, 3.05) is 0 Å². The third-order valence-corrected chi connectivity index (χ3v) is 5.59. The van der Waals surface area contributed by atoms with Gasteiger partial charge in [-0.05, 0) is 42.7 Å². The average molecular weight is 296 g/mol. The van der Waals surface area contributed by atoms with Gasteiger partial charge in [0.15, 0.2) is 0 Å². The van der Waals surface area contributed by atoms with Crippen molar-refractivity contribution in [2.24, 2.45) is 17.8 Å². The van der Waals surface area contributed by atoms with Gasteiger partial charge in [0, 0.05) is 0 Å². The minimum absolute atomic E-state index is 0.191. The second-order valence-electron chi connectivity index (χ2n) is 6.23. The Kier molecular flexibility index (Phi) is 4.86. The summed E-state index contributed by atoms with van der Waals surface area (Å²) in [5.41, 5.74) is 0. The Morgan fingerprint density at radius 3 is 2.40 bits per heavy atom. The number of hydrogen-bond donors (Lipinski definition) is 0. The van der Waals surface area contributed by atoms with Crippen LogP contribution in [-0.2, 0) is 14.3 Å². The highest BCUT2D eigenvalue weighted by atomic mass is 32.2. The van der Waals surface area contributed by atoms with Crippen LogP contribution in [0.3, 0.4) is 0 Å². The van der Waals surface area contributed by atoms with Gasteiger partial charge in [-0.15, -0.1) is 0 Å². The summed E-state index contributed by atoms with van der Waals surface area (Å²) >= 11 is 0. The van der Waals surface area contributed by atoms with Crippen LogP contribution < -0.4 is 0 Å². The van der Waals surface area contributed by atoms with E-state index >= 15 is 0 Å². The first-order valence-electron chi connectivity index (χ1n) is 7.38. The Morgan fingerprint density at radius 2 is 1.80 bits per heavy atom. The lowest BCUT2D eigenvalue weighted by molar-refractivity contribution is 0.0511. The molecule has 1 fully saturated rings. The summed E-state index contributed by atoms with van der Waals surface area (Å²) in [6.45, 7) is 6.46. The van der Waals surface area contributed by atoms with E-state index in [1.54, 1.807) is 30.3 Å². The van der Waals surface area contributed by atoms with Crippen LogP contribution in [0.2, 0.25) is 0 Å². The normalized spacial score (nSPS) is 27.7. The van der Waals surface area contributed by atoms with Crippen LogP contribution in [0, 0.1) is 17.8 Å². The maximum atomic E-state index is 12.4. The fourth-order valence-corrected chi connectivity index (χ4v) is 4.18. The van der Waals surface area contributed by atoms with E-state index in [-0.39, 0.29) is 11.0 Å². The van der Waals surface area contributed by atoms with E-state index in [9.17, 15) is 8.42 Å². The molecule has 0 aliphatic heterocycles. The molecule has 0 spiro atoms. The van der Waals surface area contributed by atoms with Crippen molar-refractivity contribution < 1.29 is 12.6 Å². The predicted molar refractivity (Wildman–Crippen MR) is 79.8 cm³/mol. The molecular weight excluding hydrogens is 272 g/mol. The Bertz CT molecular complexity index is 522. The van der Waals surface area contributed by atoms with Gasteiger partial charge in [-0.2, -0.15) is 8.42 Å². The van der Waals surface area contributed by atoms with Crippen LogP contribution in [-0.4, -0.2) is 14.5 Å². The minimum atomic E-state index is -3.65. The molecule has 0 N–H and O–H groups in total. The molecule has 2 rings (SSSR count). The van der Waals surface area contributed by atoms with Gasteiger partial charge in [0.1, 0.15) is 0 Å². The van der Waals surface area contributed by atoms with Crippen molar-refractivity contribution in [3.05, 3.63) is 30.3 Å². The molecule has 0 saturated heterocycles. The molecule has 20 heavy (non-hydrogen) atoms. The van der Waals surface area contributed by atoms with Gasteiger partial charge < -0.3 is 0 Å². The molecule has 112 valence electrons. The van der Waals surface area contributed by atoms with E-state index in [4.69, 9.17) is 4.18 Å². The van der Waals surface area contributed by atoms with Crippen LogP contribution >= 0.6 is 0 Å². The SMILES string of the molecule is CC(C)[C@H]1CC[C@@H](C)C[C@H]1OS(=O)(=O)c1ccccc1. The van der Waals surface area contributed by atoms with Crippen LogP contribution in [0.1, 0.15) is 40.0 Å². The van der Waals surface area contributed by atoms with Crippen LogP contribution in [0.5, 0.6) is 0 Å². The van der Waals surface area contributed by atoms with Gasteiger partial charge in [-0.1, -0.05) is 45.4 Å². The molecule has 0 aromatic heterocycles. The average Bonchev–Trinajstić information content (AvgIpc) is 2.39. The first-order valence-corrected chi connectivity index (χ1v) is 8.79. The Hall–Kier alpha value is -0.870. The summed E-state index contributed by atoms with van der Waals surface area (Å²) < 4.78 is 30.3. The standard InChI is InChI=1S/C16H24O3S/c1-12(2)15-10-9-13(3)11-16(15)19-20(17,18)14-7-5-4-6-8-14/h4-8,12-13,15-16H,9-11H2,1-3H3/t13-,15-,16-/m1/s1. The molecule has 0 heterocycles. The fourth-order valence-electron chi connectivity index (χ4n) is 3.03. The first kappa shape index (κ1) is 15.5. The topological polar surface area (TPSA) is 43.4 Å². The highest BCUT2D eigenvalue weighted by molar-refractivity contribution is 7.86. The van der Waals surface area contributed by atoms with Gasteiger partial charge in [-0.3, -0.25) is 4.18 Å². The first-order chi connectivity index (χ1) is 9.40. The zero-order valence-electron chi connectivity index (χ0n) is 12.5. The summed E-state index contributed by atoms with van der Waals surface area (Å²) in [6, 6.07) is 8.43. The molecule has 0 radical (unpaired) electrons. The minimum Gasteiger partial charge on any atom is -0.263 e. The van der Waals surface area contributed by atoms with Crippen molar-refractivity contribution >= 4 is 10.1 Å². The van der Waals surface area contributed by atoms with Crippen LogP contribution in [0.4, 0.5) is 0 Å². The quantitative estimate of drug-likeness (QED) is 0.793. The largest absolute Gasteiger partial charge is 0.297 e. The van der Waals surface area contributed by atoms with Crippen molar-refractivity contribution in [1.29, 1.82) is 0 Å². The molecule has 0 amide bonds. The van der Waals surface area contributed by atoms with E-state index in [0.29, 0.717) is 17.8 Å². The third-order valence-electron chi connectivity index (χ3n) is 4.24. The molecule has 1 aliphatic carbocycles. The predicted octanol–water partition coefficient (Wildman–Crippen LogP) is 3.85. The molecule has 1 aliphatic rings. The lowest BCUT2D eigenvalue weighted by Crippen LogP contribution is -2.35. The van der Waals surface area contributed by atoms with E-state index in [0.717, 1.165) is 19.3 Å². The van der Waals surface area contributed by atoms with Gasteiger partial charge in [0.25, 0.3) is 10.1 Å². The van der Waals surface area contributed by atoms with Gasteiger partial charge in [0.2, 0.25) is 0 Å². The zero-order chi connectivity index (χ0) is 14.8. The lowest BCUT2D eigenvalue weighted by atomic mass is 9.75. The second kappa shape index (κ2) is 6.27. The summed E-state index contributed by atoms with van der Waals surface area (Å²) in [5, 5.41) is 0. The van der Waals surface area contributed by atoms with E-state index in [1.165, 1.54) is 0 Å². The molecule has 1 aromatic rings. The Balaban J connectivity index is 2.18. The summed E-state index contributed by atoms with van der Waals surface area (Å²) in [4.78, 5) is 0.251. The van der Waals surface area contributed by atoms with Crippen LogP contribution in [0.25, 0.3) is 0 Å². The maximum absolute atomic E-state index is 12.4. The number of hydrogen-bond acceptors (Lipinski definition) is 3. The number of benzene rings is 1. The summed E-state index contributed by atoms with van der Waals surface area (Å²) in [6.07, 6.45) is 2.85. The monoisotopic (exact) mass is 296 g/mol. The van der Waals surface area contributed by atoms with Crippen molar-refractivity contribution in [1.82, 2.24) is 0 Å². The molecule has 0 bridgehead atoms. The lowest BCUT2D eigenvalue weighted by Gasteiger charge is -2.36. The Labute approximate surface area is 122 Å². The zero-order valence-corrected chi connectivity index (χ0v) is 13.3. The van der Waals surface area contributed by atoms with Gasteiger partial charge in [-0.25, -0.2) is 0 Å². The van der Waals surface area contributed by atoms with Gasteiger partial charge >= 0.3 is 0 Å². The van der Waals surface area contributed by atoms with Crippen LogP contribution in [0.15, 0.2) is 35.2 Å². The van der Waals surface area contributed by atoms with Crippen molar-refractivity contribution in [3.8, 4) is 0 Å². The third kappa shape index (κ3) is 3.61. The van der Waals surface area contributed by atoms with Gasteiger partial charge in [0.05, 0.1) is 11.0 Å².